The second kappa shape index (κ2) is 6.21. The Hall–Kier alpha value is -2.34. The molecule has 1 heterocycles. The Morgan fingerprint density at radius 3 is 2.65 bits per heavy atom. The summed E-state index contributed by atoms with van der Waals surface area (Å²) in [5.74, 6) is -1.32. The summed E-state index contributed by atoms with van der Waals surface area (Å²) >= 11 is 0. The van der Waals surface area contributed by atoms with Gasteiger partial charge in [-0.25, -0.2) is 19.2 Å². The zero-order valence-electron chi connectivity index (χ0n) is 11.0. The highest BCUT2D eigenvalue weighted by atomic mass is 19.1. The van der Waals surface area contributed by atoms with Gasteiger partial charge in [0.15, 0.2) is 0 Å². The average molecular weight is 275 g/mol. The van der Waals surface area contributed by atoms with E-state index in [-0.39, 0.29) is 11.4 Å². The van der Waals surface area contributed by atoms with E-state index < -0.39 is 5.97 Å². The van der Waals surface area contributed by atoms with Crippen molar-refractivity contribution in [3.05, 3.63) is 59.4 Å². The second-order valence-electron chi connectivity index (χ2n) is 4.49. The third-order valence-corrected chi connectivity index (χ3v) is 2.81. The molecule has 2 aromatic rings. The minimum atomic E-state index is -1.05. The number of rotatable bonds is 5. The Morgan fingerprint density at radius 1 is 1.30 bits per heavy atom. The minimum absolute atomic E-state index is 0.0958. The number of nitrogens with zero attached hydrogens (tertiary/aromatic N) is 3. The van der Waals surface area contributed by atoms with Crippen LogP contribution in [0.1, 0.15) is 21.6 Å². The van der Waals surface area contributed by atoms with Crippen molar-refractivity contribution >= 4 is 5.97 Å². The highest BCUT2D eigenvalue weighted by molar-refractivity contribution is 5.88. The van der Waals surface area contributed by atoms with Gasteiger partial charge in [0.2, 0.25) is 0 Å². The van der Waals surface area contributed by atoms with Gasteiger partial charge in [0.05, 0.1) is 5.69 Å². The number of aromatic carboxylic acids is 1. The number of benzene rings is 1. The highest BCUT2D eigenvalue weighted by Crippen LogP contribution is 2.10. The standard InChI is InChI=1S/C14H14FN3O2/c1-18(7-10-2-4-11(15)5-3-10)8-13-12(14(19)20)6-16-9-17-13/h2-6,9H,7-8H2,1H3,(H,19,20). The number of carboxylic acids is 1. The molecule has 0 aliphatic carbocycles. The molecule has 0 amide bonds. The van der Waals surface area contributed by atoms with Crippen LogP contribution >= 0.6 is 0 Å². The third-order valence-electron chi connectivity index (χ3n) is 2.81. The predicted molar refractivity (Wildman–Crippen MR) is 70.6 cm³/mol. The molecule has 1 N–H and O–H groups in total. The van der Waals surface area contributed by atoms with Crippen LogP contribution in [0, 0.1) is 5.82 Å². The molecule has 0 radical (unpaired) electrons. The second-order valence-corrected chi connectivity index (χ2v) is 4.49. The topological polar surface area (TPSA) is 66.3 Å². The summed E-state index contributed by atoms with van der Waals surface area (Å²) in [6.07, 6.45) is 2.61. The lowest BCUT2D eigenvalue weighted by Crippen LogP contribution is -2.20. The van der Waals surface area contributed by atoms with Crippen LogP contribution in [0.2, 0.25) is 0 Å². The molecule has 0 bridgehead atoms. The van der Waals surface area contributed by atoms with E-state index in [0.717, 1.165) is 5.56 Å². The lowest BCUT2D eigenvalue weighted by molar-refractivity contribution is 0.0693. The van der Waals surface area contributed by atoms with Gasteiger partial charge >= 0.3 is 5.97 Å². The maximum absolute atomic E-state index is 12.8. The van der Waals surface area contributed by atoms with Gasteiger partial charge < -0.3 is 5.11 Å². The van der Waals surface area contributed by atoms with E-state index in [1.807, 2.05) is 11.9 Å². The molecule has 0 saturated carbocycles. The van der Waals surface area contributed by atoms with Crippen molar-refractivity contribution in [2.75, 3.05) is 7.05 Å². The third kappa shape index (κ3) is 3.58. The molecule has 5 nitrogen and oxygen atoms in total. The van der Waals surface area contributed by atoms with Crippen LogP contribution in [0.4, 0.5) is 4.39 Å². The highest BCUT2D eigenvalue weighted by Gasteiger charge is 2.13. The van der Waals surface area contributed by atoms with Crippen molar-refractivity contribution in [2.24, 2.45) is 0 Å². The SMILES string of the molecule is CN(Cc1ccc(F)cc1)Cc1ncncc1C(=O)O. The number of halogens is 1. The van der Waals surface area contributed by atoms with Crippen LogP contribution in [0.15, 0.2) is 36.8 Å². The van der Waals surface area contributed by atoms with E-state index in [2.05, 4.69) is 9.97 Å². The van der Waals surface area contributed by atoms with Gasteiger partial charge in [-0.3, -0.25) is 4.90 Å². The summed E-state index contributed by atoms with van der Waals surface area (Å²) in [5, 5.41) is 9.06. The van der Waals surface area contributed by atoms with Gasteiger partial charge in [-0.1, -0.05) is 12.1 Å². The molecular weight excluding hydrogens is 261 g/mol. The fourth-order valence-electron chi connectivity index (χ4n) is 1.87. The maximum atomic E-state index is 12.8. The van der Waals surface area contributed by atoms with Gasteiger partial charge in [-0.15, -0.1) is 0 Å². The van der Waals surface area contributed by atoms with Gasteiger partial charge in [0.1, 0.15) is 17.7 Å². The lowest BCUT2D eigenvalue weighted by atomic mass is 10.2. The van der Waals surface area contributed by atoms with Crippen LogP contribution in [0.3, 0.4) is 0 Å². The Bertz CT molecular complexity index is 602. The molecule has 6 heteroatoms. The van der Waals surface area contributed by atoms with E-state index in [4.69, 9.17) is 5.11 Å². The average Bonchev–Trinajstić information content (AvgIpc) is 2.41. The molecule has 0 spiro atoms. The monoisotopic (exact) mass is 275 g/mol. The number of aromatic nitrogens is 2. The van der Waals surface area contributed by atoms with E-state index in [0.29, 0.717) is 18.8 Å². The Balaban J connectivity index is 2.06. The summed E-state index contributed by atoms with van der Waals surface area (Å²) in [6.45, 7) is 0.949. The summed E-state index contributed by atoms with van der Waals surface area (Å²) in [7, 11) is 1.84. The molecule has 1 aromatic carbocycles. The molecular formula is C14H14FN3O2. The molecule has 0 fully saturated rings. The molecule has 2 rings (SSSR count). The molecule has 0 saturated heterocycles. The van der Waals surface area contributed by atoms with E-state index >= 15 is 0 Å². The molecule has 104 valence electrons. The number of hydrogen-bond acceptors (Lipinski definition) is 4. The van der Waals surface area contributed by atoms with Gasteiger partial charge in [0.25, 0.3) is 0 Å². The van der Waals surface area contributed by atoms with Crippen LogP contribution in [-0.2, 0) is 13.1 Å². The van der Waals surface area contributed by atoms with Crippen molar-refractivity contribution < 1.29 is 14.3 Å². The Kier molecular flexibility index (Phi) is 4.37. The summed E-state index contributed by atoms with van der Waals surface area (Å²) in [4.78, 5) is 20.7. The van der Waals surface area contributed by atoms with Crippen molar-refractivity contribution in [3.63, 3.8) is 0 Å². The zero-order chi connectivity index (χ0) is 14.5. The normalized spacial score (nSPS) is 10.8. The molecule has 0 aliphatic rings. The van der Waals surface area contributed by atoms with Crippen LogP contribution in [0.5, 0.6) is 0 Å². The predicted octanol–water partition coefficient (Wildman–Crippen LogP) is 1.95. The van der Waals surface area contributed by atoms with Gasteiger partial charge in [0, 0.05) is 19.3 Å². The molecule has 0 aliphatic heterocycles. The number of carboxylic acid groups (broad SMARTS) is 1. The quantitative estimate of drug-likeness (QED) is 0.903. The first-order chi connectivity index (χ1) is 9.56. The number of carbonyl (C=O) groups is 1. The molecule has 0 unspecified atom stereocenters. The van der Waals surface area contributed by atoms with E-state index in [1.54, 1.807) is 12.1 Å². The van der Waals surface area contributed by atoms with E-state index in [1.165, 1.54) is 24.7 Å². The van der Waals surface area contributed by atoms with Crippen molar-refractivity contribution in [3.8, 4) is 0 Å². The van der Waals surface area contributed by atoms with Gasteiger partial charge in [-0.05, 0) is 24.7 Å². The lowest BCUT2D eigenvalue weighted by Gasteiger charge is -2.17. The van der Waals surface area contributed by atoms with Crippen LogP contribution in [0.25, 0.3) is 0 Å². The smallest absolute Gasteiger partial charge is 0.339 e. The zero-order valence-corrected chi connectivity index (χ0v) is 11.0. The summed E-state index contributed by atoms with van der Waals surface area (Å²) in [5.41, 5.74) is 1.50. The first-order valence-corrected chi connectivity index (χ1v) is 6.01. The fraction of sp³-hybridized carbons (Fsp3) is 0.214. The van der Waals surface area contributed by atoms with Crippen LogP contribution < -0.4 is 0 Å². The maximum Gasteiger partial charge on any atom is 0.339 e. The number of hydrogen-bond donors (Lipinski definition) is 1. The largest absolute Gasteiger partial charge is 0.478 e. The Labute approximate surface area is 115 Å². The van der Waals surface area contributed by atoms with Crippen LogP contribution in [-0.4, -0.2) is 33.0 Å². The summed E-state index contributed by atoms with van der Waals surface area (Å²) < 4.78 is 12.8. The Morgan fingerprint density at radius 2 is 2.00 bits per heavy atom. The summed E-state index contributed by atoms with van der Waals surface area (Å²) in [6, 6.07) is 6.20. The first kappa shape index (κ1) is 14.1. The first-order valence-electron chi connectivity index (χ1n) is 6.01. The van der Waals surface area contributed by atoms with Crippen molar-refractivity contribution in [1.29, 1.82) is 0 Å². The molecule has 0 atom stereocenters. The fourth-order valence-corrected chi connectivity index (χ4v) is 1.87. The molecule has 20 heavy (non-hydrogen) atoms. The van der Waals surface area contributed by atoms with Gasteiger partial charge in [-0.2, -0.15) is 0 Å². The van der Waals surface area contributed by atoms with Crippen molar-refractivity contribution in [2.45, 2.75) is 13.1 Å². The molecule has 1 aromatic heterocycles. The van der Waals surface area contributed by atoms with Crippen molar-refractivity contribution in [1.82, 2.24) is 14.9 Å². The van der Waals surface area contributed by atoms with E-state index in [9.17, 15) is 9.18 Å². The minimum Gasteiger partial charge on any atom is -0.478 e.